The van der Waals surface area contributed by atoms with Gasteiger partial charge in [0.1, 0.15) is 0 Å². The summed E-state index contributed by atoms with van der Waals surface area (Å²) in [5.41, 5.74) is 7.22. The smallest absolute Gasteiger partial charge is 0.335 e. The number of nitrogen functional groups attached to an aromatic ring is 1. The van der Waals surface area contributed by atoms with Crippen LogP contribution in [0.5, 0.6) is 0 Å². The van der Waals surface area contributed by atoms with Gasteiger partial charge < -0.3 is 20.9 Å². The van der Waals surface area contributed by atoms with Gasteiger partial charge in [-0.3, -0.25) is 0 Å². The fourth-order valence-corrected chi connectivity index (χ4v) is 1.56. The molecule has 0 saturated heterocycles. The van der Waals surface area contributed by atoms with Crippen LogP contribution in [0.3, 0.4) is 0 Å². The summed E-state index contributed by atoms with van der Waals surface area (Å²) in [4.78, 5) is 10.9. The standard InChI is InChI=1S/C14H22N2O3/c1-10(2)9-19-7-3-6-16-13-8-11(14(17)18)4-5-12(13)15/h4-5,8,10,16H,3,6-7,9,15H2,1-2H3,(H,17,18). The second-order valence-corrected chi connectivity index (χ2v) is 4.86. The molecule has 0 fully saturated rings. The van der Waals surface area contributed by atoms with Crippen LogP contribution in [0.15, 0.2) is 18.2 Å². The van der Waals surface area contributed by atoms with Gasteiger partial charge in [-0.25, -0.2) is 4.79 Å². The number of carboxylic acids is 1. The first kappa shape index (κ1) is 15.3. The third-order valence-corrected chi connectivity index (χ3v) is 2.53. The third-order valence-electron chi connectivity index (χ3n) is 2.53. The van der Waals surface area contributed by atoms with Crippen LogP contribution < -0.4 is 11.1 Å². The topological polar surface area (TPSA) is 84.6 Å². The first-order valence-electron chi connectivity index (χ1n) is 6.45. The summed E-state index contributed by atoms with van der Waals surface area (Å²) in [5, 5.41) is 12.0. The summed E-state index contributed by atoms with van der Waals surface area (Å²) in [7, 11) is 0. The van der Waals surface area contributed by atoms with Crippen molar-refractivity contribution in [2.24, 2.45) is 5.92 Å². The molecule has 1 rings (SSSR count). The monoisotopic (exact) mass is 266 g/mol. The summed E-state index contributed by atoms with van der Waals surface area (Å²) < 4.78 is 5.46. The number of benzene rings is 1. The Labute approximate surface area is 113 Å². The summed E-state index contributed by atoms with van der Waals surface area (Å²) >= 11 is 0. The van der Waals surface area contributed by atoms with E-state index in [2.05, 4.69) is 19.2 Å². The number of carbonyl (C=O) groups is 1. The highest BCUT2D eigenvalue weighted by Crippen LogP contribution is 2.19. The molecule has 0 radical (unpaired) electrons. The molecule has 0 amide bonds. The van der Waals surface area contributed by atoms with Crippen molar-refractivity contribution in [2.75, 3.05) is 30.8 Å². The maximum Gasteiger partial charge on any atom is 0.335 e. The van der Waals surface area contributed by atoms with Crippen molar-refractivity contribution in [2.45, 2.75) is 20.3 Å². The first-order chi connectivity index (χ1) is 9.00. The van der Waals surface area contributed by atoms with Gasteiger partial charge in [0.05, 0.1) is 16.9 Å². The number of hydrogen-bond acceptors (Lipinski definition) is 4. The van der Waals surface area contributed by atoms with Crippen LogP contribution in [0.4, 0.5) is 11.4 Å². The van der Waals surface area contributed by atoms with Crippen molar-refractivity contribution in [1.82, 2.24) is 0 Å². The normalized spacial score (nSPS) is 10.7. The van der Waals surface area contributed by atoms with Crippen LogP contribution in [0.25, 0.3) is 0 Å². The molecule has 1 aromatic rings. The predicted molar refractivity (Wildman–Crippen MR) is 76.6 cm³/mol. The zero-order chi connectivity index (χ0) is 14.3. The van der Waals surface area contributed by atoms with E-state index in [1.807, 2.05) is 0 Å². The molecule has 0 aromatic heterocycles. The third kappa shape index (κ3) is 5.61. The molecular weight excluding hydrogens is 244 g/mol. The molecule has 0 heterocycles. The number of nitrogens with one attached hydrogen (secondary N) is 1. The van der Waals surface area contributed by atoms with E-state index in [4.69, 9.17) is 15.6 Å². The van der Waals surface area contributed by atoms with E-state index < -0.39 is 5.97 Å². The molecule has 0 unspecified atom stereocenters. The summed E-state index contributed by atoms with van der Waals surface area (Å²) in [6.45, 7) is 6.36. The van der Waals surface area contributed by atoms with Gasteiger partial charge in [-0.2, -0.15) is 0 Å². The van der Waals surface area contributed by atoms with E-state index in [0.29, 0.717) is 30.4 Å². The van der Waals surface area contributed by atoms with Crippen molar-refractivity contribution in [3.63, 3.8) is 0 Å². The Morgan fingerprint density at radius 1 is 1.47 bits per heavy atom. The molecule has 4 N–H and O–H groups in total. The number of hydrogen-bond donors (Lipinski definition) is 3. The van der Waals surface area contributed by atoms with Crippen molar-refractivity contribution in [3.05, 3.63) is 23.8 Å². The van der Waals surface area contributed by atoms with Gasteiger partial charge in [0, 0.05) is 19.8 Å². The van der Waals surface area contributed by atoms with Crippen LogP contribution in [0, 0.1) is 5.92 Å². The van der Waals surface area contributed by atoms with Crippen LogP contribution in [0.1, 0.15) is 30.6 Å². The Bertz CT molecular complexity index is 419. The molecule has 0 atom stereocenters. The van der Waals surface area contributed by atoms with E-state index in [1.54, 1.807) is 12.1 Å². The fraction of sp³-hybridized carbons (Fsp3) is 0.500. The van der Waals surface area contributed by atoms with E-state index >= 15 is 0 Å². The second kappa shape index (κ2) is 7.63. The number of rotatable bonds is 8. The molecular formula is C14H22N2O3. The Morgan fingerprint density at radius 2 is 2.21 bits per heavy atom. The van der Waals surface area contributed by atoms with E-state index in [9.17, 15) is 4.79 Å². The molecule has 0 aliphatic rings. The van der Waals surface area contributed by atoms with E-state index in [0.717, 1.165) is 13.0 Å². The van der Waals surface area contributed by atoms with Gasteiger partial charge in [-0.1, -0.05) is 13.8 Å². The minimum Gasteiger partial charge on any atom is -0.478 e. The van der Waals surface area contributed by atoms with Crippen LogP contribution >= 0.6 is 0 Å². The van der Waals surface area contributed by atoms with E-state index in [1.165, 1.54) is 6.07 Å². The van der Waals surface area contributed by atoms with Crippen molar-refractivity contribution < 1.29 is 14.6 Å². The molecule has 19 heavy (non-hydrogen) atoms. The highest BCUT2D eigenvalue weighted by Gasteiger charge is 2.06. The number of aromatic carboxylic acids is 1. The molecule has 0 spiro atoms. The summed E-state index contributed by atoms with van der Waals surface area (Å²) in [6, 6.07) is 4.64. The molecule has 1 aromatic carbocycles. The van der Waals surface area contributed by atoms with Gasteiger partial charge in [0.15, 0.2) is 0 Å². The molecule has 5 heteroatoms. The van der Waals surface area contributed by atoms with Crippen LogP contribution in [0.2, 0.25) is 0 Å². The van der Waals surface area contributed by atoms with Crippen molar-refractivity contribution in [1.29, 1.82) is 0 Å². The molecule has 0 aliphatic carbocycles. The maximum atomic E-state index is 10.9. The molecule has 5 nitrogen and oxygen atoms in total. The van der Waals surface area contributed by atoms with Crippen molar-refractivity contribution >= 4 is 17.3 Å². The lowest BCUT2D eigenvalue weighted by Gasteiger charge is -2.11. The highest BCUT2D eigenvalue weighted by molar-refractivity contribution is 5.90. The average Bonchev–Trinajstić information content (AvgIpc) is 2.34. The van der Waals surface area contributed by atoms with Crippen LogP contribution in [-0.2, 0) is 4.74 Å². The number of anilines is 2. The minimum atomic E-state index is -0.955. The molecule has 0 saturated carbocycles. The lowest BCUT2D eigenvalue weighted by molar-refractivity contribution is 0.0697. The van der Waals surface area contributed by atoms with Gasteiger partial charge >= 0.3 is 5.97 Å². The van der Waals surface area contributed by atoms with Crippen molar-refractivity contribution in [3.8, 4) is 0 Å². The Hall–Kier alpha value is -1.75. The van der Waals surface area contributed by atoms with Gasteiger partial charge in [-0.15, -0.1) is 0 Å². The van der Waals surface area contributed by atoms with Gasteiger partial charge in [0.2, 0.25) is 0 Å². The first-order valence-corrected chi connectivity index (χ1v) is 6.45. The van der Waals surface area contributed by atoms with E-state index in [-0.39, 0.29) is 5.56 Å². The number of nitrogens with two attached hydrogens (primary N) is 1. The lowest BCUT2D eigenvalue weighted by Crippen LogP contribution is -2.10. The molecule has 106 valence electrons. The largest absolute Gasteiger partial charge is 0.478 e. The number of ether oxygens (including phenoxy) is 1. The summed E-state index contributed by atoms with van der Waals surface area (Å²) in [6.07, 6.45) is 0.851. The highest BCUT2D eigenvalue weighted by atomic mass is 16.5. The van der Waals surface area contributed by atoms with Gasteiger partial charge in [0.25, 0.3) is 0 Å². The Morgan fingerprint density at radius 3 is 2.84 bits per heavy atom. The summed E-state index contributed by atoms with van der Waals surface area (Å²) in [5.74, 6) is -0.417. The quantitative estimate of drug-likeness (QED) is 0.497. The molecule has 0 aliphatic heterocycles. The molecule has 0 bridgehead atoms. The van der Waals surface area contributed by atoms with Gasteiger partial charge in [-0.05, 0) is 30.5 Å². The second-order valence-electron chi connectivity index (χ2n) is 4.86. The SMILES string of the molecule is CC(C)COCCCNc1cc(C(=O)O)ccc1N. The van der Waals surface area contributed by atoms with Crippen LogP contribution in [-0.4, -0.2) is 30.8 Å². The Balaban J connectivity index is 2.36. The average molecular weight is 266 g/mol. The maximum absolute atomic E-state index is 10.9. The Kier molecular flexibility index (Phi) is 6.15. The zero-order valence-electron chi connectivity index (χ0n) is 11.5. The lowest BCUT2D eigenvalue weighted by atomic mass is 10.1. The predicted octanol–water partition coefficient (Wildman–Crippen LogP) is 2.44. The zero-order valence-corrected chi connectivity index (χ0v) is 11.5. The number of carboxylic acid groups (broad SMARTS) is 1. The fourth-order valence-electron chi connectivity index (χ4n) is 1.56. The minimum absolute atomic E-state index is 0.229.